The maximum Gasteiger partial charge on any atom is 0.417 e. The average molecular weight is 338 g/mol. The van der Waals surface area contributed by atoms with E-state index in [2.05, 4.69) is 10.4 Å². The van der Waals surface area contributed by atoms with E-state index in [0.29, 0.717) is 12.3 Å². The Kier molecular flexibility index (Phi) is 4.19. The minimum atomic E-state index is -4.57. The van der Waals surface area contributed by atoms with Gasteiger partial charge in [-0.05, 0) is 12.5 Å². The highest BCUT2D eigenvalue weighted by molar-refractivity contribution is 6.33. The fourth-order valence-electron chi connectivity index (χ4n) is 1.89. The fraction of sp³-hybridized carbons (Fsp3) is 0.417. The summed E-state index contributed by atoms with van der Waals surface area (Å²) in [6.45, 7) is 0. The summed E-state index contributed by atoms with van der Waals surface area (Å²) in [5, 5.41) is 9.51. The molecule has 22 heavy (non-hydrogen) atoms. The second-order valence-electron chi connectivity index (χ2n) is 4.85. The van der Waals surface area contributed by atoms with E-state index in [1.54, 1.807) is 0 Å². The second-order valence-corrected chi connectivity index (χ2v) is 5.26. The molecule has 0 radical (unpaired) electrons. The van der Waals surface area contributed by atoms with Crippen molar-refractivity contribution in [1.82, 2.24) is 10.4 Å². The third kappa shape index (κ3) is 3.41. The van der Waals surface area contributed by atoms with Crippen LogP contribution in [-0.4, -0.2) is 29.0 Å². The number of amides is 1. The first-order valence-corrected chi connectivity index (χ1v) is 6.49. The molecule has 6 nitrogen and oxygen atoms in total. The predicted octanol–water partition coefficient (Wildman–Crippen LogP) is 1.94. The Bertz CT molecular complexity index is 623. The Hall–Kier alpha value is -2.03. The number of hydrogen-bond donors (Lipinski definition) is 2. The van der Waals surface area contributed by atoms with Crippen molar-refractivity contribution in [3.05, 3.63) is 22.8 Å². The standard InChI is InChI=1S/C12H11ClF3N3O3/c1-19(18-10(20)6-3-7(6)11(21)22)9-8(13)2-5(4-17-9)12(14,15)16/h2,4,6-7H,3H2,1H3,(H,18,20)(H,21,22)/t6-,7+/m1/s1. The Morgan fingerprint density at radius 1 is 1.45 bits per heavy atom. The monoisotopic (exact) mass is 337 g/mol. The number of halogens is 4. The highest BCUT2D eigenvalue weighted by Crippen LogP contribution is 2.39. The van der Waals surface area contributed by atoms with Gasteiger partial charge in [0.05, 0.1) is 22.4 Å². The zero-order valence-electron chi connectivity index (χ0n) is 11.2. The first kappa shape index (κ1) is 16.3. The van der Waals surface area contributed by atoms with Crippen molar-refractivity contribution in [2.24, 2.45) is 11.8 Å². The van der Waals surface area contributed by atoms with E-state index >= 15 is 0 Å². The molecule has 0 aromatic carbocycles. The molecular weight excluding hydrogens is 327 g/mol. The van der Waals surface area contributed by atoms with Gasteiger partial charge in [-0.25, -0.2) is 4.98 Å². The zero-order chi connectivity index (χ0) is 16.7. The van der Waals surface area contributed by atoms with Crippen LogP contribution in [0.5, 0.6) is 0 Å². The van der Waals surface area contributed by atoms with Crippen molar-refractivity contribution in [1.29, 1.82) is 0 Å². The number of hydrazine groups is 1. The van der Waals surface area contributed by atoms with E-state index < -0.39 is 35.5 Å². The van der Waals surface area contributed by atoms with Crippen LogP contribution in [0.3, 0.4) is 0 Å². The van der Waals surface area contributed by atoms with E-state index in [0.717, 1.165) is 5.01 Å². The molecule has 2 rings (SSSR count). The molecule has 0 aliphatic heterocycles. The number of carbonyl (C=O) groups is 2. The Labute approximate surface area is 127 Å². The average Bonchev–Trinajstić information content (AvgIpc) is 3.17. The lowest BCUT2D eigenvalue weighted by Crippen LogP contribution is -2.41. The Morgan fingerprint density at radius 2 is 2.09 bits per heavy atom. The van der Waals surface area contributed by atoms with E-state index in [4.69, 9.17) is 16.7 Å². The lowest BCUT2D eigenvalue weighted by molar-refractivity contribution is -0.140. The van der Waals surface area contributed by atoms with Crippen molar-refractivity contribution >= 4 is 29.3 Å². The van der Waals surface area contributed by atoms with Gasteiger partial charge in [-0.3, -0.25) is 20.0 Å². The summed E-state index contributed by atoms with van der Waals surface area (Å²) in [6.07, 6.45) is -3.75. The molecule has 0 spiro atoms. The molecule has 1 heterocycles. The number of aromatic nitrogens is 1. The van der Waals surface area contributed by atoms with Gasteiger partial charge in [0.1, 0.15) is 0 Å². The normalized spacial score (nSPS) is 20.4. The minimum Gasteiger partial charge on any atom is -0.481 e. The van der Waals surface area contributed by atoms with E-state index in [1.807, 2.05) is 0 Å². The molecule has 0 unspecified atom stereocenters. The van der Waals surface area contributed by atoms with E-state index in [9.17, 15) is 22.8 Å². The van der Waals surface area contributed by atoms with Gasteiger partial charge in [0.2, 0.25) is 5.91 Å². The van der Waals surface area contributed by atoms with Crippen molar-refractivity contribution in [2.45, 2.75) is 12.6 Å². The smallest absolute Gasteiger partial charge is 0.417 e. The third-order valence-corrected chi connectivity index (χ3v) is 3.47. The number of pyridine rings is 1. The minimum absolute atomic E-state index is 0.0736. The van der Waals surface area contributed by atoms with Crippen molar-refractivity contribution in [2.75, 3.05) is 12.1 Å². The number of alkyl halides is 3. The first-order chi connectivity index (χ1) is 10.1. The fourth-order valence-corrected chi connectivity index (χ4v) is 2.18. The molecule has 1 saturated carbocycles. The van der Waals surface area contributed by atoms with Gasteiger partial charge in [0, 0.05) is 13.2 Å². The summed E-state index contributed by atoms with van der Waals surface area (Å²) >= 11 is 5.74. The van der Waals surface area contributed by atoms with Gasteiger partial charge >= 0.3 is 12.1 Å². The molecule has 1 amide bonds. The molecule has 0 bridgehead atoms. The third-order valence-electron chi connectivity index (χ3n) is 3.19. The van der Waals surface area contributed by atoms with Crippen LogP contribution in [0.4, 0.5) is 19.0 Å². The summed E-state index contributed by atoms with van der Waals surface area (Å²) in [6, 6.07) is 0.698. The molecule has 1 aromatic heterocycles. The number of carbonyl (C=O) groups excluding carboxylic acids is 1. The molecule has 1 aliphatic carbocycles. The molecule has 2 N–H and O–H groups in total. The Balaban J connectivity index is 2.06. The van der Waals surface area contributed by atoms with Crippen LogP contribution in [0.25, 0.3) is 0 Å². The lowest BCUT2D eigenvalue weighted by atomic mass is 10.3. The van der Waals surface area contributed by atoms with Gasteiger partial charge in [-0.15, -0.1) is 0 Å². The summed E-state index contributed by atoms with van der Waals surface area (Å²) in [4.78, 5) is 26.0. The molecule has 120 valence electrons. The number of carboxylic acid groups (broad SMARTS) is 1. The van der Waals surface area contributed by atoms with Crippen molar-refractivity contribution in [3.63, 3.8) is 0 Å². The van der Waals surface area contributed by atoms with Crippen LogP contribution in [-0.2, 0) is 15.8 Å². The van der Waals surface area contributed by atoms with Crippen LogP contribution in [0.1, 0.15) is 12.0 Å². The van der Waals surface area contributed by atoms with Crippen LogP contribution in [0.2, 0.25) is 5.02 Å². The molecule has 0 saturated heterocycles. The van der Waals surface area contributed by atoms with Crippen LogP contribution in [0.15, 0.2) is 12.3 Å². The van der Waals surface area contributed by atoms with Crippen molar-refractivity contribution < 1.29 is 27.9 Å². The van der Waals surface area contributed by atoms with Crippen LogP contribution >= 0.6 is 11.6 Å². The molecule has 1 aliphatic rings. The highest BCUT2D eigenvalue weighted by atomic mass is 35.5. The predicted molar refractivity (Wildman–Crippen MR) is 70.0 cm³/mol. The number of nitrogens with one attached hydrogen (secondary N) is 1. The molecule has 1 fully saturated rings. The summed E-state index contributed by atoms with van der Waals surface area (Å²) in [5.74, 6) is -3.07. The summed E-state index contributed by atoms with van der Waals surface area (Å²) < 4.78 is 37.5. The number of carboxylic acids is 1. The highest BCUT2D eigenvalue weighted by Gasteiger charge is 2.48. The van der Waals surface area contributed by atoms with Gasteiger partial charge < -0.3 is 5.11 Å². The lowest BCUT2D eigenvalue weighted by Gasteiger charge is -2.20. The topological polar surface area (TPSA) is 82.5 Å². The SMILES string of the molecule is CN(NC(=O)[C@@H]1C[C@@H]1C(=O)O)c1ncc(C(F)(F)F)cc1Cl. The second kappa shape index (κ2) is 5.64. The van der Waals surface area contributed by atoms with Gasteiger partial charge in [0.15, 0.2) is 5.82 Å². The van der Waals surface area contributed by atoms with E-state index in [-0.39, 0.29) is 17.3 Å². The van der Waals surface area contributed by atoms with Gasteiger partial charge in [-0.2, -0.15) is 13.2 Å². The summed E-state index contributed by atoms with van der Waals surface area (Å²) in [7, 11) is 1.34. The maximum atomic E-state index is 12.5. The van der Waals surface area contributed by atoms with Crippen LogP contribution < -0.4 is 10.4 Å². The van der Waals surface area contributed by atoms with Crippen molar-refractivity contribution in [3.8, 4) is 0 Å². The van der Waals surface area contributed by atoms with Gasteiger partial charge in [-0.1, -0.05) is 11.6 Å². The van der Waals surface area contributed by atoms with Gasteiger partial charge in [0.25, 0.3) is 0 Å². The largest absolute Gasteiger partial charge is 0.481 e. The number of nitrogens with zero attached hydrogens (tertiary/aromatic N) is 2. The number of rotatable bonds is 4. The first-order valence-electron chi connectivity index (χ1n) is 6.11. The number of anilines is 1. The van der Waals surface area contributed by atoms with E-state index in [1.165, 1.54) is 7.05 Å². The summed E-state index contributed by atoms with van der Waals surface area (Å²) in [5.41, 5.74) is 1.34. The Morgan fingerprint density at radius 3 is 2.55 bits per heavy atom. The molecule has 2 atom stereocenters. The van der Waals surface area contributed by atoms with Crippen LogP contribution in [0, 0.1) is 11.8 Å². The molecule has 10 heteroatoms. The number of hydrogen-bond acceptors (Lipinski definition) is 4. The number of aliphatic carboxylic acids is 1. The molecular formula is C12H11ClF3N3O3. The molecule has 1 aromatic rings. The zero-order valence-corrected chi connectivity index (χ0v) is 11.9. The maximum absolute atomic E-state index is 12.5. The quantitative estimate of drug-likeness (QED) is 0.821.